The summed E-state index contributed by atoms with van der Waals surface area (Å²) < 4.78 is 69.4. The number of hydrogen-bond donors (Lipinski definition) is 0. The van der Waals surface area contributed by atoms with Crippen LogP contribution in [0, 0.1) is 0 Å². The van der Waals surface area contributed by atoms with Crippen molar-refractivity contribution in [2.45, 2.75) is 6.42 Å². The van der Waals surface area contributed by atoms with E-state index in [2.05, 4.69) is 20.7 Å². The summed E-state index contributed by atoms with van der Waals surface area (Å²) in [5.41, 5.74) is 0. The average Bonchev–Trinajstić information content (AvgIpc) is 3.02. The van der Waals surface area contributed by atoms with Crippen molar-refractivity contribution in [3.63, 3.8) is 0 Å². The molecular weight excluding hydrogens is 640 g/mol. The Kier molecular flexibility index (Phi) is 39.0. The maximum atomic E-state index is 10.9. The number of ether oxygens (including phenoxy) is 13. The number of esters is 1. The maximum absolute atomic E-state index is 10.9. The Balaban J connectivity index is 3.04. The van der Waals surface area contributed by atoms with Crippen molar-refractivity contribution in [1.82, 2.24) is 0 Å². The molecule has 0 amide bonds. The van der Waals surface area contributed by atoms with Gasteiger partial charge in [0.05, 0.1) is 172 Å². The Labute approximate surface area is 265 Å². The molecule has 0 radical (unpaired) electrons. The van der Waals surface area contributed by atoms with Crippen LogP contribution in [0.15, 0.2) is 0 Å². The summed E-state index contributed by atoms with van der Waals surface area (Å²) in [5.74, 6) is -0.286. The van der Waals surface area contributed by atoms with Gasteiger partial charge < -0.3 is 61.6 Å². The quantitative estimate of drug-likeness (QED) is 0.0519. The van der Waals surface area contributed by atoms with Gasteiger partial charge in [0, 0.05) is 5.33 Å². The predicted octanol–water partition coefficient (Wildman–Crippen LogP) is 1.14. The normalized spacial score (nSPS) is 11.4. The van der Waals surface area contributed by atoms with E-state index < -0.39 is 0 Å². The Morgan fingerprint density at radius 1 is 0.349 bits per heavy atom. The molecule has 0 rings (SSSR count). The molecule has 0 saturated carbocycles. The topological polar surface area (TPSA) is 137 Å². The first kappa shape index (κ1) is 42.5. The highest BCUT2D eigenvalue weighted by molar-refractivity contribution is 9.09. The van der Waals surface area contributed by atoms with Crippen LogP contribution in [0.25, 0.3) is 0 Å². The minimum atomic E-state index is -0.286. The minimum Gasteiger partial charge on any atom is -0.469 e. The van der Waals surface area contributed by atoms with E-state index in [1.54, 1.807) is 0 Å². The van der Waals surface area contributed by atoms with E-state index in [9.17, 15) is 4.79 Å². The van der Waals surface area contributed by atoms with Crippen LogP contribution in [-0.4, -0.2) is 177 Å². The standard InChI is InChI=1S/C28H55BrO14/c1-31-28(30)2-4-32-6-8-34-10-12-36-14-16-38-18-20-40-22-24-42-26-27-43-25-23-41-21-19-39-17-15-37-13-11-35-9-7-33-5-3-29/h2-27H2,1H3. The zero-order valence-corrected chi connectivity index (χ0v) is 27.6. The van der Waals surface area contributed by atoms with Gasteiger partial charge in [0.1, 0.15) is 0 Å². The van der Waals surface area contributed by atoms with Crippen LogP contribution in [0.1, 0.15) is 6.42 Å². The Morgan fingerprint density at radius 3 is 0.721 bits per heavy atom. The molecule has 0 bridgehead atoms. The molecule has 0 unspecified atom stereocenters. The molecule has 0 aliphatic heterocycles. The SMILES string of the molecule is COC(=O)CCOCCOCCOCCOCCOCCOCCOCCOCCOCCOCCOCCOCCBr. The fourth-order valence-electron chi connectivity index (χ4n) is 2.83. The summed E-state index contributed by atoms with van der Waals surface area (Å²) in [6, 6.07) is 0. The van der Waals surface area contributed by atoms with Crippen LogP contribution >= 0.6 is 15.9 Å². The summed E-state index contributed by atoms with van der Waals surface area (Å²) in [7, 11) is 1.35. The predicted molar refractivity (Wildman–Crippen MR) is 160 cm³/mol. The third-order valence-corrected chi connectivity index (χ3v) is 5.32. The molecule has 0 fully saturated rings. The van der Waals surface area contributed by atoms with Gasteiger partial charge in [0.2, 0.25) is 0 Å². The van der Waals surface area contributed by atoms with Gasteiger partial charge in [-0.15, -0.1) is 0 Å². The molecule has 0 heterocycles. The summed E-state index contributed by atoms with van der Waals surface area (Å²) in [6.45, 7) is 12.2. The molecule has 43 heavy (non-hydrogen) atoms. The molecule has 0 saturated heterocycles. The largest absolute Gasteiger partial charge is 0.469 e. The van der Waals surface area contributed by atoms with Crippen molar-refractivity contribution in [2.24, 2.45) is 0 Å². The van der Waals surface area contributed by atoms with E-state index in [0.717, 1.165) is 5.33 Å². The van der Waals surface area contributed by atoms with E-state index in [1.165, 1.54) is 7.11 Å². The van der Waals surface area contributed by atoms with Crippen LogP contribution in [0.5, 0.6) is 0 Å². The highest BCUT2D eigenvalue weighted by Gasteiger charge is 1.99. The van der Waals surface area contributed by atoms with E-state index in [0.29, 0.717) is 159 Å². The van der Waals surface area contributed by atoms with Crippen LogP contribution < -0.4 is 0 Å². The van der Waals surface area contributed by atoms with E-state index in [1.807, 2.05) is 0 Å². The molecule has 14 nitrogen and oxygen atoms in total. The molecule has 0 aromatic rings. The zero-order chi connectivity index (χ0) is 31.2. The van der Waals surface area contributed by atoms with E-state index in [-0.39, 0.29) is 12.4 Å². The number of carbonyl (C=O) groups excluding carboxylic acids is 1. The van der Waals surface area contributed by atoms with Gasteiger partial charge in [0.25, 0.3) is 0 Å². The molecule has 258 valence electrons. The lowest BCUT2D eigenvalue weighted by Gasteiger charge is -2.09. The third-order valence-electron chi connectivity index (χ3n) is 4.99. The van der Waals surface area contributed by atoms with Gasteiger partial charge in [-0.3, -0.25) is 4.79 Å². The smallest absolute Gasteiger partial charge is 0.307 e. The lowest BCUT2D eigenvalue weighted by Crippen LogP contribution is -2.15. The molecule has 0 aliphatic rings. The van der Waals surface area contributed by atoms with Crippen LogP contribution in [-0.2, 0) is 66.4 Å². The van der Waals surface area contributed by atoms with Gasteiger partial charge in [-0.25, -0.2) is 0 Å². The average molecular weight is 696 g/mol. The number of alkyl halides is 1. The number of rotatable bonds is 38. The van der Waals surface area contributed by atoms with Gasteiger partial charge in [0.15, 0.2) is 0 Å². The van der Waals surface area contributed by atoms with Crippen LogP contribution in [0.2, 0.25) is 0 Å². The minimum absolute atomic E-state index is 0.245. The molecule has 0 N–H and O–H groups in total. The number of hydrogen-bond acceptors (Lipinski definition) is 14. The van der Waals surface area contributed by atoms with E-state index in [4.69, 9.17) is 56.8 Å². The lowest BCUT2D eigenvalue weighted by atomic mass is 10.5. The van der Waals surface area contributed by atoms with Crippen molar-refractivity contribution in [1.29, 1.82) is 0 Å². The third kappa shape index (κ3) is 39.4. The van der Waals surface area contributed by atoms with Crippen molar-refractivity contribution in [2.75, 3.05) is 171 Å². The first-order valence-electron chi connectivity index (χ1n) is 14.9. The van der Waals surface area contributed by atoms with Crippen LogP contribution in [0.4, 0.5) is 0 Å². The molecular formula is C28H55BrO14. The maximum Gasteiger partial charge on any atom is 0.307 e. The van der Waals surface area contributed by atoms with Crippen molar-refractivity contribution >= 4 is 21.9 Å². The molecule has 0 spiro atoms. The number of methoxy groups -OCH3 is 1. The summed E-state index contributed by atoms with van der Waals surface area (Å²) >= 11 is 3.30. The van der Waals surface area contributed by atoms with Crippen molar-refractivity contribution in [3.8, 4) is 0 Å². The molecule has 0 aliphatic carbocycles. The Hall–Kier alpha value is -0.530. The van der Waals surface area contributed by atoms with Crippen LogP contribution in [0.3, 0.4) is 0 Å². The van der Waals surface area contributed by atoms with Gasteiger partial charge in [-0.05, 0) is 0 Å². The number of halogens is 1. The van der Waals surface area contributed by atoms with E-state index >= 15 is 0 Å². The number of carbonyl (C=O) groups is 1. The Morgan fingerprint density at radius 2 is 0.535 bits per heavy atom. The Bertz CT molecular complexity index is 536. The second-order valence-corrected chi connectivity index (χ2v) is 9.16. The van der Waals surface area contributed by atoms with Crippen molar-refractivity contribution < 1.29 is 66.4 Å². The van der Waals surface area contributed by atoms with Gasteiger partial charge in [-0.2, -0.15) is 0 Å². The summed E-state index contributed by atoms with van der Waals surface area (Å²) in [4.78, 5) is 10.9. The molecule has 0 aromatic carbocycles. The van der Waals surface area contributed by atoms with Gasteiger partial charge >= 0.3 is 5.97 Å². The second kappa shape index (κ2) is 39.5. The second-order valence-electron chi connectivity index (χ2n) is 8.36. The highest BCUT2D eigenvalue weighted by Crippen LogP contribution is 1.89. The first-order chi connectivity index (χ1) is 21.3. The van der Waals surface area contributed by atoms with Crippen molar-refractivity contribution in [3.05, 3.63) is 0 Å². The summed E-state index contributed by atoms with van der Waals surface area (Å²) in [6.07, 6.45) is 0.245. The fraction of sp³-hybridized carbons (Fsp3) is 0.964. The zero-order valence-electron chi connectivity index (χ0n) is 26.0. The van der Waals surface area contributed by atoms with Gasteiger partial charge in [-0.1, -0.05) is 15.9 Å². The summed E-state index contributed by atoms with van der Waals surface area (Å²) in [5, 5.41) is 0.835. The molecule has 0 atom stereocenters. The monoisotopic (exact) mass is 694 g/mol. The molecule has 15 heteroatoms. The fourth-order valence-corrected chi connectivity index (χ4v) is 3.06. The molecule has 0 aromatic heterocycles. The lowest BCUT2D eigenvalue weighted by molar-refractivity contribution is -0.141. The highest BCUT2D eigenvalue weighted by atomic mass is 79.9. The first-order valence-corrected chi connectivity index (χ1v) is 16.0.